The van der Waals surface area contributed by atoms with Crippen LogP contribution in [0.1, 0.15) is 12.0 Å². The van der Waals surface area contributed by atoms with Crippen LogP contribution >= 0.6 is 11.8 Å². The van der Waals surface area contributed by atoms with Gasteiger partial charge in [0, 0.05) is 12.2 Å². The van der Waals surface area contributed by atoms with Crippen molar-refractivity contribution in [1.82, 2.24) is 0 Å². The van der Waals surface area contributed by atoms with Crippen LogP contribution in [0.2, 0.25) is 0 Å². The Balaban J connectivity index is 2.11. The molecule has 0 bridgehead atoms. The summed E-state index contributed by atoms with van der Waals surface area (Å²) in [7, 11) is 0. The standard InChI is InChI=1S/C12H14S/c1-2-3-10-13-11-9-12-7-5-4-6-8-12/h1,4-8H,3,9-11H2. The van der Waals surface area contributed by atoms with Gasteiger partial charge in [-0.15, -0.1) is 12.3 Å². The van der Waals surface area contributed by atoms with E-state index in [2.05, 4.69) is 36.3 Å². The lowest BCUT2D eigenvalue weighted by Gasteiger charge is -1.99. The Morgan fingerprint density at radius 1 is 1.15 bits per heavy atom. The van der Waals surface area contributed by atoms with Gasteiger partial charge in [0.25, 0.3) is 0 Å². The smallest absolute Gasteiger partial charge is 0.0177 e. The van der Waals surface area contributed by atoms with E-state index in [4.69, 9.17) is 6.42 Å². The van der Waals surface area contributed by atoms with Gasteiger partial charge in [0.1, 0.15) is 0 Å². The quantitative estimate of drug-likeness (QED) is 0.508. The van der Waals surface area contributed by atoms with Crippen LogP contribution in [-0.2, 0) is 6.42 Å². The fraction of sp³-hybridized carbons (Fsp3) is 0.333. The molecule has 0 heterocycles. The first kappa shape index (κ1) is 10.2. The Hall–Kier alpha value is -0.870. The Morgan fingerprint density at radius 3 is 2.62 bits per heavy atom. The molecule has 0 saturated heterocycles. The number of aryl methyl sites for hydroxylation is 1. The molecular formula is C12H14S. The summed E-state index contributed by atoms with van der Waals surface area (Å²) in [6.45, 7) is 0. The highest BCUT2D eigenvalue weighted by atomic mass is 32.2. The van der Waals surface area contributed by atoms with Gasteiger partial charge in [-0.25, -0.2) is 0 Å². The van der Waals surface area contributed by atoms with Crippen molar-refractivity contribution in [3.8, 4) is 12.3 Å². The van der Waals surface area contributed by atoms with Crippen molar-refractivity contribution in [3.05, 3.63) is 35.9 Å². The van der Waals surface area contributed by atoms with E-state index in [-0.39, 0.29) is 0 Å². The second kappa shape index (κ2) is 6.62. The maximum Gasteiger partial charge on any atom is 0.0177 e. The first-order valence-corrected chi connectivity index (χ1v) is 5.64. The van der Waals surface area contributed by atoms with E-state index in [9.17, 15) is 0 Å². The molecule has 0 nitrogen and oxygen atoms in total. The molecule has 1 heteroatoms. The van der Waals surface area contributed by atoms with Crippen LogP contribution in [0.4, 0.5) is 0 Å². The van der Waals surface area contributed by atoms with Crippen molar-refractivity contribution in [2.45, 2.75) is 12.8 Å². The molecule has 0 atom stereocenters. The van der Waals surface area contributed by atoms with E-state index in [1.165, 1.54) is 11.3 Å². The summed E-state index contributed by atoms with van der Waals surface area (Å²) in [5, 5.41) is 0. The summed E-state index contributed by atoms with van der Waals surface area (Å²) in [6.07, 6.45) is 7.20. The van der Waals surface area contributed by atoms with Crippen molar-refractivity contribution in [2.24, 2.45) is 0 Å². The van der Waals surface area contributed by atoms with Crippen LogP contribution in [0.3, 0.4) is 0 Å². The van der Waals surface area contributed by atoms with Crippen molar-refractivity contribution in [1.29, 1.82) is 0 Å². The molecule has 0 unspecified atom stereocenters. The fourth-order valence-corrected chi connectivity index (χ4v) is 1.91. The number of hydrogen-bond acceptors (Lipinski definition) is 1. The van der Waals surface area contributed by atoms with Gasteiger partial charge in [0.05, 0.1) is 0 Å². The zero-order valence-corrected chi connectivity index (χ0v) is 8.52. The van der Waals surface area contributed by atoms with Crippen molar-refractivity contribution < 1.29 is 0 Å². The minimum absolute atomic E-state index is 0.888. The molecule has 0 aromatic heterocycles. The number of hydrogen-bond donors (Lipinski definition) is 0. The molecule has 1 aromatic carbocycles. The Kier molecular flexibility index (Phi) is 5.20. The monoisotopic (exact) mass is 190 g/mol. The average molecular weight is 190 g/mol. The minimum Gasteiger partial charge on any atom is -0.161 e. The van der Waals surface area contributed by atoms with Gasteiger partial charge in [0.2, 0.25) is 0 Å². The molecule has 13 heavy (non-hydrogen) atoms. The molecule has 0 aliphatic carbocycles. The maximum absolute atomic E-state index is 5.16. The number of thioether (sulfide) groups is 1. The van der Waals surface area contributed by atoms with Crippen LogP contribution in [0.25, 0.3) is 0 Å². The van der Waals surface area contributed by atoms with E-state index in [1.807, 2.05) is 11.8 Å². The van der Waals surface area contributed by atoms with E-state index >= 15 is 0 Å². The largest absolute Gasteiger partial charge is 0.161 e. The third-order valence-corrected chi connectivity index (χ3v) is 2.75. The van der Waals surface area contributed by atoms with Crippen LogP contribution in [0, 0.1) is 12.3 Å². The summed E-state index contributed by atoms with van der Waals surface area (Å²) in [5.74, 6) is 4.90. The number of rotatable bonds is 5. The lowest BCUT2D eigenvalue weighted by molar-refractivity contribution is 1.15. The van der Waals surface area contributed by atoms with E-state index in [1.54, 1.807) is 0 Å². The third-order valence-electron chi connectivity index (χ3n) is 1.77. The van der Waals surface area contributed by atoms with Gasteiger partial charge in [0.15, 0.2) is 0 Å². The molecule has 0 spiro atoms. The lowest BCUT2D eigenvalue weighted by atomic mass is 10.2. The van der Waals surface area contributed by atoms with E-state index in [0.717, 1.165) is 18.6 Å². The normalized spacial score (nSPS) is 9.46. The molecule has 0 saturated carbocycles. The van der Waals surface area contributed by atoms with Crippen molar-refractivity contribution in [3.63, 3.8) is 0 Å². The van der Waals surface area contributed by atoms with E-state index in [0.29, 0.717) is 0 Å². The molecule has 0 radical (unpaired) electrons. The highest BCUT2D eigenvalue weighted by molar-refractivity contribution is 7.99. The van der Waals surface area contributed by atoms with Gasteiger partial charge in [-0.3, -0.25) is 0 Å². The Morgan fingerprint density at radius 2 is 1.92 bits per heavy atom. The highest BCUT2D eigenvalue weighted by Gasteiger charge is 1.91. The first-order valence-electron chi connectivity index (χ1n) is 4.48. The summed E-state index contributed by atoms with van der Waals surface area (Å²) in [6, 6.07) is 10.6. The molecule has 1 rings (SSSR count). The van der Waals surface area contributed by atoms with Gasteiger partial charge >= 0.3 is 0 Å². The zero-order valence-electron chi connectivity index (χ0n) is 7.70. The second-order valence-electron chi connectivity index (χ2n) is 2.80. The van der Waals surface area contributed by atoms with Gasteiger partial charge in [-0.1, -0.05) is 30.3 Å². The van der Waals surface area contributed by atoms with Gasteiger partial charge in [-0.05, 0) is 17.7 Å². The van der Waals surface area contributed by atoms with Crippen LogP contribution in [-0.4, -0.2) is 11.5 Å². The summed E-state index contributed by atoms with van der Waals surface area (Å²) >= 11 is 1.93. The number of terminal acetylenes is 1. The molecule has 0 N–H and O–H groups in total. The van der Waals surface area contributed by atoms with Crippen LogP contribution in [0.5, 0.6) is 0 Å². The maximum atomic E-state index is 5.16. The predicted molar refractivity (Wildman–Crippen MR) is 60.9 cm³/mol. The molecule has 0 amide bonds. The molecule has 0 aliphatic heterocycles. The first-order chi connectivity index (χ1) is 6.43. The molecule has 68 valence electrons. The SMILES string of the molecule is C#CCCSCCc1ccccc1. The molecule has 0 aliphatic rings. The summed E-state index contributed by atoms with van der Waals surface area (Å²) < 4.78 is 0. The molecular weight excluding hydrogens is 176 g/mol. The molecule has 1 aromatic rings. The Bertz CT molecular complexity index is 258. The van der Waals surface area contributed by atoms with E-state index < -0.39 is 0 Å². The zero-order chi connectivity index (χ0) is 9.36. The van der Waals surface area contributed by atoms with Gasteiger partial charge in [-0.2, -0.15) is 11.8 Å². The summed E-state index contributed by atoms with van der Waals surface area (Å²) in [5.41, 5.74) is 1.41. The predicted octanol–water partition coefficient (Wildman–Crippen LogP) is 2.99. The topological polar surface area (TPSA) is 0 Å². The van der Waals surface area contributed by atoms with Gasteiger partial charge < -0.3 is 0 Å². The van der Waals surface area contributed by atoms with Crippen molar-refractivity contribution in [2.75, 3.05) is 11.5 Å². The number of benzene rings is 1. The fourth-order valence-electron chi connectivity index (χ4n) is 1.07. The average Bonchev–Trinajstić information content (AvgIpc) is 2.19. The lowest BCUT2D eigenvalue weighted by Crippen LogP contribution is -1.88. The molecule has 0 fully saturated rings. The van der Waals surface area contributed by atoms with Crippen molar-refractivity contribution >= 4 is 11.8 Å². The highest BCUT2D eigenvalue weighted by Crippen LogP contribution is 2.07. The second-order valence-corrected chi connectivity index (χ2v) is 4.03. The minimum atomic E-state index is 0.888. The van der Waals surface area contributed by atoms with Crippen LogP contribution in [0.15, 0.2) is 30.3 Å². The summed E-state index contributed by atoms with van der Waals surface area (Å²) in [4.78, 5) is 0. The van der Waals surface area contributed by atoms with Crippen LogP contribution < -0.4 is 0 Å². The third kappa shape index (κ3) is 4.65. The Labute approximate surface area is 84.7 Å².